The van der Waals surface area contributed by atoms with Gasteiger partial charge in [0.1, 0.15) is 13.2 Å². The van der Waals surface area contributed by atoms with Crippen molar-refractivity contribution in [3.8, 4) is 11.5 Å². The zero-order valence-electron chi connectivity index (χ0n) is 8.46. The minimum atomic E-state index is 0.619. The van der Waals surface area contributed by atoms with Gasteiger partial charge in [-0.15, -0.1) is 0 Å². The second-order valence-corrected chi connectivity index (χ2v) is 4.35. The Morgan fingerprint density at radius 2 is 2.07 bits per heavy atom. The van der Waals surface area contributed by atoms with Crippen LogP contribution in [0.3, 0.4) is 0 Å². The number of ether oxygens (including phenoxy) is 2. The Labute approximate surface area is 97.7 Å². The molecule has 0 spiro atoms. The summed E-state index contributed by atoms with van der Waals surface area (Å²) in [6, 6.07) is 4.11. The molecule has 0 unspecified atom stereocenters. The highest BCUT2D eigenvalue weighted by Crippen LogP contribution is 2.38. The number of fused-ring (bicyclic) bond motifs is 1. The van der Waals surface area contributed by atoms with Gasteiger partial charge in [-0.3, -0.25) is 0 Å². The molecule has 1 aliphatic rings. The fraction of sp³-hybridized carbons (Fsp3) is 0.455. The van der Waals surface area contributed by atoms with Crippen LogP contribution in [0.4, 0.5) is 0 Å². The first kappa shape index (κ1) is 10.8. The van der Waals surface area contributed by atoms with Crippen molar-refractivity contribution in [3.63, 3.8) is 0 Å². The predicted molar refractivity (Wildman–Crippen MR) is 62.5 cm³/mol. The highest BCUT2D eigenvalue weighted by Gasteiger charge is 2.15. The van der Waals surface area contributed by atoms with Gasteiger partial charge in [-0.1, -0.05) is 0 Å². The van der Waals surface area contributed by atoms with Crippen molar-refractivity contribution in [1.29, 1.82) is 0 Å². The van der Waals surface area contributed by atoms with Gasteiger partial charge in [0.2, 0.25) is 0 Å². The van der Waals surface area contributed by atoms with Crippen LogP contribution >= 0.6 is 15.9 Å². The van der Waals surface area contributed by atoms with E-state index >= 15 is 0 Å². The van der Waals surface area contributed by atoms with Crippen molar-refractivity contribution in [1.82, 2.24) is 0 Å². The molecule has 0 fully saturated rings. The van der Waals surface area contributed by atoms with Crippen LogP contribution in [0.15, 0.2) is 16.6 Å². The summed E-state index contributed by atoms with van der Waals surface area (Å²) < 4.78 is 12.0. The van der Waals surface area contributed by atoms with Crippen LogP contribution in [0, 0.1) is 0 Å². The summed E-state index contributed by atoms with van der Waals surface area (Å²) in [5.74, 6) is 1.65. The first-order valence-electron chi connectivity index (χ1n) is 5.09. The fourth-order valence-corrected chi connectivity index (χ4v) is 2.22. The van der Waals surface area contributed by atoms with Gasteiger partial charge in [-0.25, -0.2) is 0 Å². The van der Waals surface area contributed by atoms with Crippen molar-refractivity contribution in [2.75, 3.05) is 19.8 Å². The molecule has 0 aliphatic carbocycles. The molecule has 15 heavy (non-hydrogen) atoms. The van der Waals surface area contributed by atoms with E-state index in [0.717, 1.165) is 28.8 Å². The summed E-state index contributed by atoms with van der Waals surface area (Å²) in [5.41, 5.74) is 6.72. The number of halogens is 1. The molecular formula is C11H14BrNO2. The van der Waals surface area contributed by atoms with Gasteiger partial charge in [0.15, 0.2) is 11.5 Å². The Balaban J connectivity index is 2.24. The zero-order chi connectivity index (χ0) is 10.7. The Morgan fingerprint density at radius 3 is 2.87 bits per heavy atom. The maximum absolute atomic E-state index is 5.54. The van der Waals surface area contributed by atoms with Crippen molar-refractivity contribution < 1.29 is 9.47 Å². The molecule has 1 aromatic carbocycles. The molecule has 3 nitrogen and oxygen atoms in total. The molecule has 0 saturated carbocycles. The van der Waals surface area contributed by atoms with Crippen LogP contribution in [0.2, 0.25) is 0 Å². The van der Waals surface area contributed by atoms with Crippen LogP contribution in [0.1, 0.15) is 12.0 Å². The number of aryl methyl sites for hydroxylation is 1. The molecule has 0 atom stereocenters. The van der Waals surface area contributed by atoms with Crippen LogP contribution in [-0.4, -0.2) is 19.8 Å². The van der Waals surface area contributed by atoms with E-state index in [4.69, 9.17) is 15.2 Å². The lowest BCUT2D eigenvalue weighted by molar-refractivity contribution is 0.170. The lowest BCUT2D eigenvalue weighted by Gasteiger charge is -2.20. The Kier molecular flexibility index (Phi) is 3.49. The molecule has 82 valence electrons. The maximum atomic E-state index is 5.54. The minimum Gasteiger partial charge on any atom is -0.486 e. The van der Waals surface area contributed by atoms with Crippen molar-refractivity contribution in [3.05, 3.63) is 22.2 Å². The van der Waals surface area contributed by atoms with Gasteiger partial charge in [0, 0.05) is 0 Å². The summed E-state index contributed by atoms with van der Waals surface area (Å²) in [7, 11) is 0. The summed E-state index contributed by atoms with van der Waals surface area (Å²) in [6.45, 7) is 1.96. The largest absolute Gasteiger partial charge is 0.486 e. The molecule has 1 heterocycles. The Hall–Kier alpha value is -0.740. The summed E-state index contributed by atoms with van der Waals surface area (Å²) >= 11 is 3.49. The third kappa shape index (κ3) is 2.44. The third-order valence-corrected chi connectivity index (χ3v) is 2.92. The average Bonchev–Trinajstić information content (AvgIpc) is 2.26. The van der Waals surface area contributed by atoms with Gasteiger partial charge < -0.3 is 15.2 Å². The first-order valence-corrected chi connectivity index (χ1v) is 5.88. The van der Waals surface area contributed by atoms with Crippen molar-refractivity contribution in [2.45, 2.75) is 12.8 Å². The van der Waals surface area contributed by atoms with Crippen molar-refractivity contribution in [2.24, 2.45) is 5.73 Å². The predicted octanol–water partition coefficient (Wildman–Crippen LogP) is 2.11. The van der Waals surface area contributed by atoms with E-state index in [1.165, 1.54) is 5.56 Å². The highest BCUT2D eigenvalue weighted by molar-refractivity contribution is 9.10. The number of hydrogen-bond donors (Lipinski definition) is 1. The molecular weight excluding hydrogens is 258 g/mol. The third-order valence-electron chi connectivity index (χ3n) is 2.33. The van der Waals surface area contributed by atoms with Crippen LogP contribution in [0.25, 0.3) is 0 Å². The number of benzene rings is 1. The van der Waals surface area contributed by atoms with E-state index in [2.05, 4.69) is 22.0 Å². The topological polar surface area (TPSA) is 44.5 Å². The average molecular weight is 272 g/mol. The second kappa shape index (κ2) is 4.86. The second-order valence-electron chi connectivity index (χ2n) is 3.49. The van der Waals surface area contributed by atoms with Gasteiger partial charge in [0.25, 0.3) is 0 Å². The molecule has 0 bridgehead atoms. The molecule has 0 radical (unpaired) electrons. The molecule has 1 aliphatic heterocycles. The summed E-state index contributed by atoms with van der Waals surface area (Å²) in [5, 5.41) is 0. The highest BCUT2D eigenvalue weighted by atomic mass is 79.9. The van der Waals surface area contributed by atoms with Gasteiger partial charge >= 0.3 is 0 Å². The van der Waals surface area contributed by atoms with E-state index in [9.17, 15) is 0 Å². The van der Waals surface area contributed by atoms with Crippen LogP contribution < -0.4 is 15.2 Å². The van der Waals surface area contributed by atoms with Gasteiger partial charge in [0.05, 0.1) is 4.47 Å². The van der Waals surface area contributed by atoms with Gasteiger partial charge in [-0.2, -0.15) is 0 Å². The summed E-state index contributed by atoms with van der Waals surface area (Å²) in [6.07, 6.45) is 1.97. The molecule has 4 heteroatoms. The lowest BCUT2D eigenvalue weighted by Crippen LogP contribution is -2.16. The number of rotatable bonds is 3. The van der Waals surface area contributed by atoms with Crippen molar-refractivity contribution >= 4 is 15.9 Å². The van der Waals surface area contributed by atoms with E-state index in [0.29, 0.717) is 19.8 Å². The van der Waals surface area contributed by atoms with Crippen LogP contribution in [-0.2, 0) is 6.42 Å². The number of hydrogen-bond acceptors (Lipinski definition) is 3. The molecule has 2 N–H and O–H groups in total. The molecule has 0 saturated heterocycles. The quantitative estimate of drug-likeness (QED) is 0.916. The van der Waals surface area contributed by atoms with Crippen LogP contribution in [0.5, 0.6) is 11.5 Å². The van der Waals surface area contributed by atoms with E-state index < -0.39 is 0 Å². The molecule has 0 amide bonds. The standard InChI is InChI=1S/C11H14BrNO2/c12-9-6-8(2-1-3-13)7-10-11(9)15-5-4-14-10/h6-7H,1-5,13H2. The van der Waals surface area contributed by atoms with Gasteiger partial charge in [-0.05, 0) is 53.0 Å². The zero-order valence-corrected chi connectivity index (χ0v) is 10.0. The fourth-order valence-electron chi connectivity index (χ4n) is 1.61. The van der Waals surface area contributed by atoms with E-state index in [-0.39, 0.29) is 0 Å². The maximum Gasteiger partial charge on any atom is 0.175 e. The molecule has 0 aromatic heterocycles. The lowest BCUT2D eigenvalue weighted by atomic mass is 10.1. The Morgan fingerprint density at radius 1 is 1.27 bits per heavy atom. The van der Waals surface area contributed by atoms with E-state index in [1.54, 1.807) is 0 Å². The summed E-state index contributed by atoms with van der Waals surface area (Å²) in [4.78, 5) is 0. The Bertz CT molecular complexity index is 355. The SMILES string of the molecule is NCCCc1cc(Br)c2c(c1)OCCO2. The monoisotopic (exact) mass is 271 g/mol. The number of nitrogens with two attached hydrogens (primary N) is 1. The normalized spacial score (nSPS) is 14.0. The molecule has 1 aromatic rings. The molecule has 2 rings (SSSR count). The minimum absolute atomic E-state index is 0.619. The first-order chi connectivity index (χ1) is 7.31. The van der Waals surface area contributed by atoms with E-state index in [1.807, 2.05) is 6.07 Å². The smallest absolute Gasteiger partial charge is 0.175 e.